The molecule has 3 N–H and O–H groups in total. The molecule has 3 saturated heterocycles. The number of hydrogen-bond acceptors (Lipinski definition) is 8. The molecule has 2 saturated carbocycles. The van der Waals surface area contributed by atoms with E-state index in [1.54, 1.807) is 23.7 Å². The zero-order chi connectivity index (χ0) is 35.1. The number of rotatable bonds is 8. The lowest BCUT2D eigenvalue weighted by Gasteiger charge is -2.50. The lowest BCUT2D eigenvalue weighted by Crippen LogP contribution is -2.64. The first-order valence-electron chi connectivity index (χ1n) is 18.0. The number of ether oxygens (including phenoxy) is 1. The SMILES string of the molecule is CC1(C)C[C@@H]1C(=O)N1CC2(CN(C(=O)c3cncs3)C[C@H]2C(N)=O)C1.CCCC(=O)N1CCC[C@H](COC)C1.C[C@H](O)C1CCCCC1.[HH]. The smallest absolute Gasteiger partial charge is 0.265 e. The van der Waals surface area contributed by atoms with Crippen LogP contribution >= 0.6 is 11.3 Å². The predicted molar refractivity (Wildman–Crippen MR) is 188 cm³/mol. The molecule has 0 bridgehead atoms. The van der Waals surface area contributed by atoms with E-state index in [0.717, 1.165) is 39.0 Å². The molecule has 5 fully saturated rings. The van der Waals surface area contributed by atoms with Crippen LogP contribution in [0.1, 0.15) is 103 Å². The third kappa shape index (κ3) is 9.56. The van der Waals surface area contributed by atoms with Gasteiger partial charge in [0.1, 0.15) is 4.88 Å². The summed E-state index contributed by atoms with van der Waals surface area (Å²) in [6.45, 7) is 12.6. The van der Waals surface area contributed by atoms with Crippen molar-refractivity contribution in [3.8, 4) is 0 Å². The van der Waals surface area contributed by atoms with Gasteiger partial charge < -0.3 is 30.3 Å². The first-order valence-corrected chi connectivity index (χ1v) is 18.9. The van der Waals surface area contributed by atoms with Crippen molar-refractivity contribution in [3.05, 3.63) is 16.6 Å². The second-order valence-corrected chi connectivity index (χ2v) is 16.4. The van der Waals surface area contributed by atoms with E-state index in [-0.39, 0.29) is 36.1 Å². The quantitative estimate of drug-likeness (QED) is 0.410. The number of primary amides is 1. The van der Waals surface area contributed by atoms with Gasteiger partial charge in [-0.3, -0.25) is 24.2 Å². The van der Waals surface area contributed by atoms with Gasteiger partial charge in [-0.05, 0) is 62.7 Å². The number of likely N-dealkylation sites (tertiary alicyclic amines) is 3. The van der Waals surface area contributed by atoms with Gasteiger partial charge in [0.25, 0.3) is 5.91 Å². The third-order valence-electron chi connectivity index (χ3n) is 11.1. The number of piperidine rings is 1. The van der Waals surface area contributed by atoms with Crippen molar-refractivity contribution in [3.63, 3.8) is 0 Å². The number of nitrogens with two attached hydrogens (primary N) is 1. The minimum absolute atomic E-state index is 0. The highest BCUT2D eigenvalue weighted by Crippen LogP contribution is 2.54. The minimum Gasteiger partial charge on any atom is -0.393 e. The average Bonchev–Trinajstić information content (AvgIpc) is 3.41. The van der Waals surface area contributed by atoms with E-state index in [0.29, 0.717) is 55.2 Å². The van der Waals surface area contributed by atoms with Crippen LogP contribution in [0.15, 0.2) is 11.7 Å². The van der Waals surface area contributed by atoms with E-state index in [2.05, 4.69) is 25.8 Å². The summed E-state index contributed by atoms with van der Waals surface area (Å²) >= 11 is 1.29. The molecule has 0 radical (unpaired) electrons. The van der Waals surface area contributed by atoms with Gasteiger partial charge >= 0.3 is 0 Å². The summed E-state index contributed by atoms with van der Waals surface area (Å²) in [5.41, 5.74) is 6.93. The van der Waals surface area contributed by atoms with E-state index >= 15 is 0 Å². The molecule has 48 heavy (non-hydrogen) atoms. The summed E-state index contributed by atoms with van der Waals surface area (Å²) in [7, 11) is 1.73. The van der Waals surface area contributed by atoms with Gasteiger partial charge in [-0.2, -0.15) is 0 Å². The summed E-state index contributed by atoms with van der Waals surface area (Å²) in [4.78, 5) is 58.7. The fourth-order valence-electron chi connectivity index (χ4n) is 7.94. The van der Waals surface area contributed by atoms with Crippen molar-refractivity contribution in [1.82, 2.24) is 19.7 Å². The molecular formula is C36H61N5O6S. The number of amides is 4. The Kier molecular flexibility index (Phi) is 13.5. The summed E-state index contributed by atoms with van der Waals surface area (Å²) in [5.74, 6) is 0.832. The second-order valence-electron chi connectivity index (χ2n) is 15.5. The van der Waals surface area contributed by atoms with Crippen molar-refractivity contribution in [2.75, 3.05) is 53.0 Å². The number of aromatic nitrogens is 1. The Bertz CT molecular complexity index is 1230. The molecule has 5 aliphatic rings. The lowest BCUT2D eigenvalue weighted by atomic mass is 9.71. The van der Waals surface area contributed by atoms with Gasteiger partial charge in [-0.1, -0.05) is 40.0 Å². The molecule has 4 heterocycles. The van der Waals surface area contributed by atoms with Crippen molar-refractivity contribution in [1.29, 1.82) is 0 Å². The highest BCUT2D eigenvalue weighted by Gasteiger charge is 2.61. The normalized spacial score (nSPS) is 26.4. The third-order valence-corrected chi connectivity index (χ3v) is 11.9. The van der Waals surface area contributed by atoms with Crippen molar-refractivity contribution >= 4 is 35.0 Å². The Morgan fingerprint density at radius 2 is 1.71 bits per heavy atom. The van der Waals surface area contributed by atoms with Crippen LogP contribution < -0.4 is 5.73 Å². The van der Waals surface area contributed by atoms with E-state index in [1.165, 1.54) is 49.9 Å². The molecule has 272 valence electrons. The summed E-state index contributed by atoms with van der Waals surface area (Å²) in [5, 5.41) is 9.18. The van der Waals surface area contributed by atoms with E-state index < -0.39 is 11.8 Å². The molecule has 3 aliphatic heterocycles. The lowest BCUT2D eigenvalue weighted by molar-refractivity contribution is -0.150. The highest BCUT2D eigenvalue weighted by molar-refractivity contribution is 7.11. The van der Waals surface area contributed by atoms with Crippen molar-refractivity contribution < 1.29 is 30.4 Å². The standard InChI is InChI=1S/C17H22N4O3S.C11H21NO2.C8H16O.H2/c1-16(2)3-10(16)14(23)21-7-17(8-21)6-20(5-11(17)13(18)22)15(24)12-4-19-9-25-12;1-3-5-11(13)12-7-4-6-10(8-12)9-14-2;1-7(9)8-5-3-2-4-6-8;/h4,9-11H,3,5-8H2,1-2H3,(H2,18,22);10H,3-9H2,1-2H3;7-9H,2-6H2,1H3;1H/t10-,11+;10-;7-;/m100./s1. The number of aliphatic hydroxyl groups is 1. The maximum absolute atomic E-state index is 12.6. The first-order chi connectivity index (χ1) is 22.8. The molecular weight excluding hydrogens is 630 g/mol. The van der Waals surface area contributed by atoms with Crippen molar-refractivity contribution in [2.24, 2.45) is 40.2 Å². The molecule has 11 nitrogen and oxygen atoms in total. The number of methoxy groups -OCH3 is 1. The van der Waals surface area contributed by atoms with Gasteiger partial charge in [0.2, 0.25) is 17.7 Å². The van der Waals surface area contributed by atoms with Crippen molar-refractivity contribution in [2.45, 2.75) is 98.0 Å². The van der Waals surface area contributed by atoms with Gasteiger partial charge in [-0.25, -0.2) is 0 Å². The molecule has 0 aromatic carbocycles. The Morgan fingerprint density at radius 1 is 1.04 bits per heavy atom. The van der Waals surface area contributed by atoms with Crippen LogP contribution in [0, 0.1) is 34.5 Å². The Balaban J connectivity index is 0.000000228. The Hall–Kier alpha value is -2.57. The molecule has 1 aromatic heterocycles. The topological polar surface area (TPSA) is 146 Å². The van der Waals surface area contributed by atoms with Gasteiger partial charge in [-0.15, -0.1) is 11.3 Å². The number of nitrogens with zero attached hydrogens (tertiary/aromatic N) is 4. The van der Waals surface area contributed by atoms with E-state index in [4.69, 9.17) is 10.5 Å². The molecule has 1 aromatic rings. The van der Waals surface area contributed by atoms with Gasteiger partial charge in [0.15, 0.2) is 0 Å². The largest absolute Gasteiger partial charge is 0.393 e. The van der Waals surface area contributed by atoms with Crippen LogP contribution in [0.25, 0.3) is 0 Å². The average molecular weight is 692 g/mol. The molecule has 4 atom stereocenters. The van der Waals surface area contributed by atoms with E-state index in [1.807, 2.05) is 16.7 Å². The van der Waals surface area contributed by atoms with Gasteiger partial charge in [0.05, 0.1) is 30.3 Å². The maximum atomic E-state index is 12.6. The predicted octanol–water partition coefficient (Wildman–Crippen LogP) is 4.44. The fourth-order valence-corrected chi connectivity index (χ4v) is 8.53. The number of carbonyl (C=O) groups excluding carboxylic acids is 4. The van der Waals surface area contributed by atoms with E-state index in [9.17, 15) is 24.3 Å². The van der Waals surface area contributed by atoms with Crippen LogP contribution in [0.2, 0.25) is 0 Å². The van der Waals surface area contributed by atoms with Crippen LogP contribution in [0.3, 0.4) is 0 Å². The number of aliphatic hydroxyl groups excluding tert-OH is 1. The summed E-state index contributed by atoms with van der Waals surface area (Å²) < 4.78 is 5.13. The molecule has 1 spiro atoms. The number of hydrogen-bond donors (Lipinski definition) is 2. The Labute approximate surface area is 292 Å². The molecule has 2 aliphatic carbocycles. The van der Waals surface area contributed by atoms with Crippen LogP contribution in [-0.2, 0) is 19.1 Å². The number of thiazole rings is 1. The minimum atomic E-state index is -0.402. The van der Waals surface area contributed by atoms with Crippen LogP contribution in [0.5, 0.6) is 0 Å². The monoisotopic (exact) mass is 691 g/mol. The summed E-state index contributed by atoms with van der Waals surface area (Å²) in [6.07, 6.45) is 12.9. The molecule has 6 rings (SSSR count). The zero-order valence-corrected chi connectivity index (χ0v) is 30.6. The summed E-state index contributed by atoms with van der Waals surface area (Å²) in [6, 6.07) is 0. The molecule has 12 heteroatoms. The van der Waals surface area contributed by atoms with Gasteiger partial charge in [0, 0.05) is 65.6 Å². The zero-order valence-electron chi connectivity index (χ0n) is 29.8. The van der Waals surface area contributed by atoms with Crippen LogP contribution in [-0.4, -0.2) is 108 Å². The Morgan fingerprint density at radius 3 is 2.23 bits per heavy atom. The first kappa shape index (κ1) is 38.2. The highest BCUT2D eigenvalue weighted by atomic mass is 32.1. The van der Waals surface area contributed by atoms with Crippen LogP contribution in [0.4, 0.5) is 0 Å². The molecule has 0 unspecified atom stereocenters. The number of carbonyl (C=O) groups is 4. The maximum Gasteiger partial charge on any atom is 0.265 e. The fraction of sp³-hybridized carbons (Fsp3) is 0.806. The molecule has 4 amide bonds. The second kappa shape index (κ2) is 16.9.